The highest BCUT2D eigenvalue weighted by molar-refractivity contribution is 5.85. The highest BCUT2D eigenvalue weighted by Crippen LogP contribution is 2.25. The molecule has 1 aliphatic rings. The minimum Gasteiger partial charge on any atom is -0.489 e. The topological polar surface area (TPSA) is 103 Å². The molecular formula is C30H30N6O. The van der Waals surface area contributed by atoms with Gasteiger partial charge in [0.05, 0.1) is 0 Å². The van der Waals surface area contributed by atoms with Gasteiger partial charge in [0.2, 0.25) is 0 Å². The second kappa shape index (κ2) is 9.87. The van der Waals surface area contributed by atoms with Gasteiger partial charge in [0.25, 0.3) is 0 Å². The first-order chi connectivity index (χ1) is 18.1. The maximum atomic E-state index is 6.68. The molecule has 5 aromatic rings. The Bertz CT molecular complexity index is 1580. The monoisotopic (exact) mass is 490 g/mol. The fourth-order valence-corrected chi connectivity index (χ4v) is 4.79. The van der Waals surface area contributed by atoms with Gasteiger partial charge in [-0.1, -0.05) is 36.4 Å². The Labute approximate surface area is 215 Å². The maximum Gasteiger partial charge on any atom is 0.197 e. The van der Waals surface area contributed by atoms with Crippen molar-refractivity contribution in [2.45, 2.75) is 25.1 Å². The molecule has 186 valence electrons. The lowest BCUT2D eigenvalue weighted by Crippen LogP contribution is -2.61. The van der Waals surface area contributed by atoms with E-state index in [1.165, 1.54) is 10.9 Å². The van der Waals surface area contributed by atoms with Crippen LogP contribution in [-0.4, -0.2) is 28.1 Å². The van der Waals surface area contributed by atoms with Crippen LogP contribution < -0.4 is 21.1 Å². The summed E-state index contributed by atoms with van der Waals surface area (Å²) in [6, 6.07) is 24.8. The lowest BCUT2D eigenvalue weighted by molar-refractivity contribution is 0.306. The zero-order chi connectivity index (χ0) is 25.1. The molecule has 7 heteroatoms. The number of ether oxygens (including phenoxy) is 1. The molecule has 1 unspecified atom stereocenters. The molecule has 0 saturated carbocycles. The largest absolute Gasteiger partial charge is 0.489 e. The van der Waals surface area contributed by atoms with Crippen LogP contribution in [0.15, 0.2) is 102 Å². The quantitative estimate of drug-likeness (QED) is 0.217. The smallest absolute Gasteiger partial charge is 0.197 e. The Morgan fingerprint density at radius 3 is 2.70 bits per heavy atom. The molecule has 0 spiro atoms. The summed E-state index contributed by atoms with van der Waals surface area (Å²) in [5, 5.41) is 8.90. The molecule has 0 radical (unpaired) electrons. The number of nitrogens with one attached hydrogen (secondary N) is 4. The van der Waals surface area contributed by atoms with Gasteiger partial charge in [0.15, 0.2) is 5.96 Å². The van der Waals surface area contributed by atoms with E-state index in [-0.39, 0.29) is 0 Å². The number of guanidine groups is 1. The number of aromatic nitrogens is 2. The Morgan fingerprint density at radius 1 is 0.892 bits per heavy atom. The van der Waals surface area contributed by atoms with Gasteiger partial charge in [-0.25, -0.2) is 0 Å². The van der Waals surface area contributed by atoms with E-state index in [1.54, 1.807) is 0 Å². The van der Waals surface area contributed by atoms with Crippen LogP contribution in [-0.2, 0) is 19.4 Å². The van der Waals surface area contributed by atoms with Crippen LogP contribution in [0.25, 0.3) is 21.8 Å². The van der Waals surface area contributed by atoms with Crippen molar-refractivity contribution >= 4 is 27.8 Å². The van der Waals surface area contributed by atoms with Gasteiger partial charge < -0.3 is 31.1 Å². The summed E-state index contributed by atoms with van der Waals surface area (Å²) in [6.07, 6.45) is 9.26. The van der Waals surface area contributed by atoms with E-state index in [0.717, 1.165) is 39.7 Å². The summed E-state index contributed by atoms with van der Waals surface area (Å²) in [4.78, 5) is 11.3. The number of nitrogens with two attached hydrogens (primary N) is 1. The third kappa shape index (κ3) is 5.22. The summed E-state index contributed by atoms with van der Waals surface area (Å²) in [5.74, 6) is 1.54. The average molecular weight is 491 g/mol. The summed E-state index contributed by atoms with van der Waals surface area (Å²) in [7, 11) is 0. The molecule has 37 heavy (non-hydrogen) atoms. The first kappa shape index (κ1) is 22.9. The average Bonchev–Trinajstić information content (AvgIpc) is 3.54. The third-order valence-electron chi connectivity index (χ3n) is 6.70. The van der Waals surface area contributed by atoms with Crippen LogP contribution >= 0.6 is 0 Å². The molecule has 6 N–H and O–H groups in total. The first-order valence-electron chi connectivity index (χ1n) is 12.5. The van der Waals surface area contributed by atoms with Crippen LogP contribution in [0.2, 0.25) is 0 Å². The van der Waals surface area contributed by atoms with E-state index in [0.29, 0.717) is 25.5 Å². The summed E-state index contributed by atoms with van der Waals surface area (Å²) in [5.41, 5.74) is 11.7. The minimum absolute atomic E-state index is 0.546. The molecule has 3 heterocycles. The molecule has 7 nitrogen and oxygen atoms in total. The molecule has 1 aliphatic heterocycles. The Kier molecular flexibility index (Phi) is 6.12. The van der Waals surface area contributed by atoms with Gasteiger partial charge >= 0.3 is 0 Å². The van der Waals surface area contributed by atoms with Gasteiger partial charge in [0.1, 0.15) is 18.0 Å². The molecule has 0 saturated heterocycles. The number of aromatic amines is 2. The van der Waals surface area contributed by atoms with Crippen LogP contribution in [0, 0.1) is 0 Å². The fraction of sp³-hybridized carbons (Fsp3) is 0.167. The molecule has 6 rings (SSSR count). The van der Waals surface area contributed by atoms with Gasteiger partial charge in [-0.15, -0.1) is 0 Å². The van der Waals surface area contributed by atoms with E-state index in [2.05, 4.69) is 75.3 Å². The zero-order valence-corrected chi connectivity index (χ0v) is 20.5. The number of rotatable bonds is 8. The van der Waals surface area contributed by atoms with Crippen molar-refractivity contribution in [2.24, 2.45) is 10.7 Å². The molecule has 0 aliphatic carbocycles. The molecule has 0 amide bonds. The van der Waals surface area contributed by atoms with E-state index < -0.39 is 5.66 Å². The van der Waals surface area contributed by atoms with Crippen molar-refractivity contribution in [3.05, 3.63) is 114 Å². The van der Waals surface area contributed by atoms with Crippen molar-refractivity contribution in [3.8, 4) is 5.75 Å². The van der Waals surface area contributed by atoms with Crippen molar-refractivity contribution in [1.29, 1.82) is 0 Å². The van der Waals surface area contributed by atoms with Gasteiger partial charge in [-0.3, -0.25) is 4.99 Å². The zero-order valence-electron chi connectivity index (χ0n) is 20.5. The van der Waals surface area contributed by atoms with Gasteiger partial charge in [0, 0.05) is 48.0 Å². The van der Waals surface area contributed by atoms with Crippen LogP contribution in [0.4, 0.5) is 0 Å². The predicted molar refractivity (Wildman–Crippen MR) is 149 cm³/mol. The Hall–Kier alpha value is -4.49. The molecule has 2 aromatic heterocycles. The number of aliphatic imine (C=N–C) groups is 1. The first-order valence-corrected chi connectivity index (χ1v) is 12.5. The highest BCUT2D eigenvalue weighted by atomic mass is 16.5. The lowest BCUT2D eigenvalue weighted by atomic mass is 9.98. The van der Waals surface area contributed by atoms with Crippen molar-refractivity contribution in [2.75, 3.05) is 6.54 Å². The number of H-pyrrole nitrogens is 2. The SMILES string of the molecule is NC1(Cc2ccc3[nH]ccc3c2)C=CNC(=NCCc2c[nH]c3ccc(OCc4ccccc4)cc23)N1. The number of nitrogens with zero attached hydrogens (tertiary/aromatic N) is 1. The van der Waals surface area contributed by atoms with E-state index >= 15 is 0 Å². The minimum atomic E-state index is -0.708. The fourth-order valence-electron chi connectivity index (χ4n) is 4.79. The van der Waals surface area contributed by atoms with Crippen LogP contribution in [0.3, 0.4) is 0 Å². The normalized spacial score (nSPS) is 18.2. The molecule has 0 fully saturated rings. The molecular weight excluding hydrogens is 460 g/mol. The summed E-state index contributed by atoms with van der Waals surface area (Å²) >= 11 is 0. The summed E-state index contributed by atoms with van der Waals surface area (Å²) in [6.45, 7) is 1.17. The second-order valence-corrected chi connectivity index (χ2v) is 9.49. The van der Waals surface area contributed by atoms with Crippen LogP contribution in [0.5, 0.6) is 5.75 Å². The van der Waals surface area contributed by atoms with E-state index in [9.17, 15) is 0 Å². The second-order valence-electron chi connectivity index (χ2n) is 9.49. The number of hydrogen-bond donors (Lipinski definition) is 5. The Morgan fingerprint density at radius 2 is 1.78 bits per heavy atom. The summed E-state index contributed by atoms with van der Waals surface area (Å²) < 4.78 is 6.03. The number of hydrogen-bond acceptors (Lipinski definition) is 3. The molecule has 1 atom stereocenters. The molecule has 0 bridgehead atoms. The maximum absolute atomic E-state index is 6.68. The Balaban J connectivity index is 1.10. The lowest BCUT2D eigenvalue weighted by Gasteiger charge is -2.32. The van der Waals surface area contributed by atoms with Gasteiger partial charge in [-0.2, -0.15) is 0 Å². The van der Waals surface area contributed by atoms with Crippen molar-refractivity contribution in [1.82, 2.24) is 20.6 Å². The van der Waals surface area contributed by atoms with Crippen molar-refractivity contribution < 1.29 is 4.74 Å². The highest BCUT2D eigenvalue weighted by Gasteiger charge is 2.26. The number of benzene rings is 3. The predicted octanol–water partition coefficient (Wildman–Crippen LogP) is 4.73. The third-order valence-corrected chi connectivity index (χ3v) is 6.70. The van der Waals surface area contributed by atoms with Crippen molar-refractivity contribution in [3.63, 3.8) is 0 Å². The van der Waals surface area contributed by atoms with Crippen LogP contribution in [0.1, 0.15) is 16.7 Å². The van der Waals surface area contributed by atoms with E-state index in [1.807, 2.05) is 42.7 Å². The number of fused-ring (bicyclic) bond motifs is 2. The standard InChI is InChI=1S/C30H30N6O/c31-30(18-22-6-8-27-23(16-22)10-13-32-27)12-15-34-29(36-30)33-14-11-24-19-35-28-9-7-25(17-26(24)28)37-20-21-4-2-1-3-5-21/h1-10,12-13,15-17,19,32,35H,11,14,18,20,31H2,(H2,33,34,36). The van der Waals surface area contributed by atoms with E-state index in [4.69, 9.17) is 15.5 Å². The van der Waals surface area contributed by atoms with Gasteiger partial charge in [-0.05, 0) is 71.0 Å². The molecule has 3 aromatic carbocycles.